The first-order valence-corrected chi connectivity index (χ1v) is 11.1. The second-order valence-electron chi connectivity index (χ2n) is 7.56. The maximum absolute atomic E-state index is 13.5. The molecule has 1 aliphatic heterocycles. The number of ether oxygens (including phenoxy) is 3. The summed E-state index contributed by atoms with van der Waals surface area (Å²) >= 11 is 12.3. The summed E-state index contributed by atoms with van der Waals surface area (Å²) < 4.78 is 30.2. The van der Waals surface area contributed by atoms with Gasteiger partial charge in [-0.1, -0.05) is 23.2 Å². The molecule has 1 amide bonds. The van der Waals surface area contributed by atoms with E-state index in [2.05, 4.69) is 0 Å². The monoisotopic (exact) mass is 489 g/mol. The molecule has 3 aromatic rings. The van der Waals surface area contributed by atoms with Gasteiger partial charge in [0.1, 0.15) is 18.2 Å². The molecule has 172 valence electrons. The topological polar surface area (TPSA) is 48.0 Å². The Kier molecular flexibility index (Phi) is 6.96. The van der Waals surface area contributed by atoms with E-state index in [0.717, 1.165) is 11.1 Å². The fourth-order valence-electron chi connectivity index (χ4n) is 3.97. The molecule has 0 spiro atoms. The van der Waals surface area contributed by atoms with E-state index in [1.807, 2.05) is 12.1 Å². The second kappa shape index (κ2) is 9.89. The maximum Gasteiger partial charge on any atom is 0.256 e. The number of amides is 1. The van der Waals surface area contributed by atoms with Crippen LogP contribution in [0.2, 0.25) is 10.0 Å². The highest BCUT2D eigenvalue weighted by Gasteiger charge is 2.34. The van der Waals surface area contributed by atoms with Gasteiger partial charge in [0.2, 0.25) is 0 Å². The normalized spacial score (nSPS) is 15.1. The number of benzene rings is 3. The van der Waals surface area contributed by atoms with Crippen LogP contribution < -0.4 is 14.2 Å². The molecule has 0 N–H and O–H groups in total. The molecule has 0 radical (unpaired) electrons. The first-order chi connectivity index (χ1) is 15.9. The van der Waals surface area contributed by atoms with Crippen LogP contribution in [0.3, 0.4) is 0 Å². The third-order valence-corrected chi connectivity index (χ3v) is 6.19. The van der Waals surface area contributed by atoms with Crippen LogP contribution >= 0.6 is 23.2 Å². The molecule has 0 saturated heterocycles. The number of nitrogens with zero attached hydrogens (tertiary/aromatic N) is 1. The molecule has 0 unspecified atom stereocenters. The Balaban J connectivity index is 1.72. The third-order valence-electron chi connectivity index (χ3n) is 5.65. The number of fused-ring (bicyclic) bond motifs is 1. The molecule has 8 heteroatoms. The Morgan fingerprint density at radius 3 is 2.39 bits per heavy atom. The summed E-state index contributed by atoms with van der Waals surface area (Å²) in [5.74, 6) is 1.10. The van der Waals surface area contributed by atoms with E-state index < -0.39 is 6.04 Å². The number of rotatable bonds is 6. The Hall–Kier alpha value is -2.96. The average Bonchev–Trinajstić information content (AvgIpc) is 2.82. The molecule has 5 nitrogen and oxygen atoms in total. The number of carbonyl (C=O) groups excluding carboxylic acids is 1. The molecule has 1 atom stereocenters. The van der Waals surface area contributed by atoms with Crippen LogP contribution in [0.25, 0.3) is 0 Å². The smallest absolute Gasteiger partial charge is 0.256 e. The van der Waals surface area contributed by atoms with Crippen molar-refractivity contribution in [3.05, 3.63) is 87.2 Å². The molecular formula is C25H22Cl2FNO4. The zero-order valence-electron chi connectivity index (χ0n) is 18.1. The van der Waals surface area contributed by atoms with Crippen molar-refractivity contribution in [1.29, 1.82) is 0 Å². The van der Waals surface area contributed by atoms with Gasteiger partial charge in [-0.25, -0.2) is 4.39 Å². The zero-order chi connectivity index (χ0) is 23.5. The average molecular weight is 490 g/mol. The van der Waals surface area contributed by atoms with Gasteiger partial charge in [-0.05, 0) is 72.1 Å². The molecule has 4 rings (SSSR count). The summed E-state index contributed by atoms with van der Waals surface area (Å²) in [6.07, 6.45) is 0.625. The largest absolute Gasteiger partial charge is 0.493 e. The molecular weight excluding hydrogens is 468 g/mol. The van der Waals surface area contributed by atoms with Crippen molar-refractivity contribution >= 4 is 29.1 Å². The molecule has 0 bridgehead atoms. The summed E-state index contributed by atoms with van der Waals surface area (Å²) in [5.41, 5.74) is 2.28. The lowest BCUT2D eigenvalue weighted by molar-refractivity contribution is 0.0589. The van der Waals surface area contributed by atoms with E-state index in [1.165, 1.54) is 12.1 Å². The van der Waals surface area contributed by atoms with Crippen molar-refractivity contribution in [3.8, 4) is 17.2 Å². The van der Waals surface area contributed by atoms with Crippen LogP contribution in [-0.4, -0.2) is 38.2 Å². The number of hydrogen-bond donors (Lipinski definition) is 0. The van der Waals surface area contributed by atoms with E-state index in [9.17, 15) is 9.18 Å². The Labute approximate surface area is 201 Å². The van der Waals surface area contributed by atoms with Gasteiger partial charge in [-0.15, -0.1) is 0 Å². The summed E-state index contributed by atoms with van der Waals surface area (Å²) in [6, 6.07) is 13.9. The minimum Gasteiger partial charge on any atom is -0.493 e. The van der Waals surface area contributed by atoms with Crippen LogP contribution in [-0.2, 0) is 6.42 Å². The number of methoxy groups -OCH3 is 2. The van der Waals surface area contributed by atoms with E-state index in [1.54, 1.807) is 49.5 Å². The molecule has 0 aliphatic carbocycles. The van der Waals surface area contributed by atoms with Crippen molar-refractivity contribution in [2.45, 2.75) is 12.5 Å². The van der Waals surface area contributed by atoms with E-state index in [0.29, 0.717) is 40.8 Å². The van der Waals surface area contributed by atoms with Crippen LogP contribution in [0, 0.1) is 5.82 Å². The van der Waals surface area contributed by atoms with E-state index >= 15 is 0 Å². The maximum atomic E-state index is 13.5. The van der Waals surface area contributed by atoms with E-state index in [-0.39, 0.29) is 23.4 Å². The Bertz CT molecular complexity index is 1170. The van der Waals surface area contributed by atoms with E-state index in [4.69, 9.17) is 37.4 Å². The SMILES string of the molecule is COc1cc2c(cc1OC)[C@H](COc1ccc(F)cc1)N(C(=O)c1ccc(Cl)cc1Cl)CC2. The lowest BCUT2D eigenvalue weighted by Gasteiger charge is -2.38. The predicted molar refractivity (Wildman–Crippen MR) is 125 cm³/mol. The van der Waals surface area contributed by atoms with Gasteiger partial charge < -0.3 is 19.1 Å². The van der Waals surface area contributed by atoms with Crippen LogP contribution in [0.5, 0.6) is 17.2 Å². The van der Waals surface area contributed by atoms with Crippen molar-refractivity contribution in [3.63, 3.8) is 0 Å². The molecule has 0 saturated carbocycles. The highest BCUT2D eigenvalue weighted by Crippen LogP contribution is 2.39. The molecule has 33 heavy (non-hydrogen) atoms. The first-order valence-electron chi connectivity index (χ1n) is 10.3. The summed E-state index contributed by atoms with van der Waals surface area (Å²) in [6.45, 7) is 0.614. The Morgan fingerprint density at radius 2 is 1.73 bits per heavy atom. The molecule has 0 fully saturated rings. The fourth-order valence-corrected chi connectivity index (χ4v) is 4.46. The van der Waals surface area contributed by atoms with Gasteiger partial charge in [-0.2, -0.15) is 0 Å². The Morgan fingerprint density at radius 1 is 1.03 bits per heavy atom. The van der Waals surface area contributed by atoms with Crippen LogP contribution in [0.15, 0.2) is 54.6 Å². The minimum atomic E-state index is -0.433. The highest BCUT2D eigenvalue weighted by atomic mass is 35.5. The second-order valence-corrected chi connectivity index (χ2v) is 8.40. The molecule has 1 heterocycles. The van der Waals surface area contributed by atoms with Crippen molar-refractivity contribution < 1.29 is 23.4 Å². The molecule has 0 aromatic heterocycles. The van der Waals surface area contributed by atoms with Gasteiger partial charge in [0, 0.05) is 11.6 Å². The number of halogens is 3. The van der Waals surface area contributed by atoms with Gasteiger partial charge in [0.15, 0.2) is 11.5 Å². The lowest BCUT2D eigenvalue weighted by atomic mass is 9.91. The zero-order valence-corrected chi connectivity index (χ0v) is 19.6. The van der Waals surface area contributed by atoms with Crippen molar-refractivity contribution in [1.82, 2.24) is 4.90 Å². The van der Waals surface area contributed by atoms with Crippen LogP contribution in [0.4, 0.5) is 4.39 Å². The number of carbonyl (C=O) groups is 1. The predicted octanol–water partition coefficient (Wildman–Crippen LogP) is 5.97. The molecule has 3 aromatic carbocycles. The first kappa shape index (κ1) is 23.2. The fraction of sp³-hybridized carbons (Fsp3) is 0.240. The number of hydrogen-bond acceptors (Lipinski definition) is 4. The highest BCUT2D eigenvalue weighted by molar-refractivity contribution is 6.36. The summed E-state index contributed by atoms with van der Waals surface area (Å²) in [7, 11) is 3.15. The summed E-state index contributed by atoms with van der Waals surface area (Å²) in [5, 5.41) is 0.734. The van der Waals surface area contributed by atoms with Gasteiger partial charge in [-0.3, -0.25) is 4.79 Å². The standard InChI is InChI=1S/C25H22Cl2FNO4/c1-31-23-11-15-9-10-29(25(30)19-8-3-16(26)12-21(19)27)22(20(15)13-24(23)32-2)14-33-18-6-4-17(28)5-7-18/h3-8,11-13,22H,9-10,14H2,1-2H3/t22-/m0/s1. The van der Waals surface area contributed by atoms with Gasteiger partial charge >= 0.3 is 0 Å². The minimum absolute atomic E-state index is 0.158. The molecule has 1 aliphatic rings. The van der Waals surface area contributed by atoms with Crippen LogP contribution in [0.1, 0.15) is 27.5 Å². The third kappa shape index (κ3) is 4.87. The quantitative estimate of drug-likeness (QED) is 0.428. The lowest BCUT2D eigenvalue weighted by Crippen LogP contribution is -2.42. The van der Waals surface area contributed by atoms with Crippen molar-refractivity contribution in [2.75, 3.05) is 27.4 Å². The van der Waals surface area contributed by atoms with Gasteiger partial charge in [0.25, 0.3) is 5.91 Å². The van der Waals surface area contributed by atoms with Gasteiger partial charge in [0.05, 0.1) is 30.8 Å². The summed E-state index contributed by atoms with van der Waals surface area (Å²) in [4.78, 5) is 15.3. The van der Waals surface area contributed by atoms with Crippen molar-refractivity contribution in [2.24, 2.45) is 0 Å².